The summed E-state index contributed by atoms with van der Waals surface area (Å²) in [7, 11) is 1.75. The molecule has 2 N–H and O–H groups in total. The number of hydrogen-bond donors (Lipinski definition) is 2. The molecule has 1 atom stereocenters. The number of halogens is 3. The molecule has 0 bridgehead atoms. The molecule has 0 aliphatic heterocycles. The number of carbonyl (C=O) groups is 1. The first kappa shape index (κ1) is 29.8. The molecule has 0 spiro atoms. The molecule has 0 radical (unpaired) electrons. The van der Waals surface area contributed by atoms with Gasteiger partial charge in [0.2, 0.25) is 6.10 Å². The third kappa shape index (κ3) is 6.26. The number of alkyl halides is 2. The Bertz CT molecular complexity index is 1020. The highest BCUT2D eigenvalue weighted by atomic mass is 35.5. The van der Waals surface area contributed by atoms with E-state index in [1.807, 2.05) is 32.9 Å². The van der Waals surface area contributed by atoms with E-state index in [0.29, 0.717) is 17.4 Å². The highest BCUT2D eigenvalue weighted by molar-refractivity contribution is 6.32. The summed E-state index contributed by atoms with van der Waals surface area (Å²) in [6.07, 6.45) is -5.10. The minimum absolute atomic E-state index is 0.361. The normalized spacial score (nSPS) is 13.3. The number of esters is 1. The number of ether oxygens (including phenoxy) is 4. The predicted molar refractivity (Wildman–Crippen MR) is 131 cm³/mol. The minimum atomic E-state index is -4.61. The van der Waals surface area contributed by atoms with E-state index in [9.17, 15) is 23.8 Å². The maximum atomic E-state index is 14.6. The molecule has 0 heterocycles. The highest BCUT2D eigenvalue weighted by Gasteiger charge is 2.63. The maximum absolute atomic E-state index is 14.6. The van der Waals surface area contributed by atoms with Crippen molar-refractivity contribution in [1.82, 2.24) is 0 Å². The number of rotatable bonds is 12. The molecule has 2 aromatic carbocycles. The predicted octanol–water partition coefficient (Wildman–Crippen LogP) is 4.99. The second-order valence-electron chi connectivity index (χ2n) is 8.94. The SMILES string of the molecule is CCCCOc1c(C)cc(C(C)(C)c2ccc(OC(F)(F)C(O)(O)C(OC)C(=O)OC)cc2)cc1Cl. The molecule has 0 aromatic heterocycles. The average molecular weight is 531 g/mol. The van der Waals surface area contributed by atoms with Gasteiger partial charge in [-0.25, -0.2) is 4.79 Å². The van der Waals surface area contributed by atoms with Crippen LogP contribution in [-0.4, -0.2) is 55.0 Å². The molecule has 36 heavy (non-hydrogen) atoms. The summed E-state index contributed by atoms with van der Waals surface area (Å²) in [5.41, 5.74) is 1.96. The molecule has 1 unspecified atom stereocenters. The van der Waals surface area contributed by atoms with Crippen LogP contribution in [0.1, 0.15) is 50.3 Å². The van der Waals surface area contributed by atoms with Crippen LogP contribution in [0.25, 0.3) is 0 Å². The minimum Gasteiger partial charge on any atom is -0.492 e. The number of aliphatic hydroxyl groups is 2. The van der Waals surface area contributed by atoms with E-state index >= 15 is 0 Å². The Hall–Kier alpha value is -2.46. The van der Waals surface area contributed by atoms with Gasteiger partial charge in [-0.05, 0) is 48.2 Å². The lowest BCUT2D eigenvalue weighted by atomic mass is 9.77. The summed E-state index contributed by atoms with van der Waals surface area (Å²) in [6.45, 7) is 8.45. The summed E-state index contributed by atoms with van der Waals surface area (Å²) < 4.78 is 48.4. The van der Waals surface area contributed by atoms with Crippen molar-refractivity contribution in [3.63, 3.8) is 0 Å². The van der Waals surface area contributed by atoms with E-state index in [0.717, 1.165) is 43.8 Å². The first-order valence-electron chi connectivity index (χ1n) is 11.4. The Morgan fingerprint density at radius 3 is 2.19 bits per heavy atom. The van der Waals surface area contributed by atoms with Crippen LogP contribution in [0.4, 0.5) is 8.78 Å². The van der Waals surface area contributed by atoms with Gasteiger partial charge in [-0.15, -0.1) is 0 Å². The molecule has 0 aliphatic carbocycles. The molecule has 0 amide bonds. The van der Waals surface area contributed by atoms with Crippen LogP contribution < -0.4 is 9.47 Å². The average Bonchev–Trinajstić information content (AvgIpc) is 2.80. The molecule has 0 saturated carbocycles. The lowest BCUT2D eigenvalue weighted by molar-refractivity contribution is -0.392. The Morgan fingerprint density at radius 2 is 1.69 bits per heavy atom. The Balaban J connectivity index is 2.28. The molecule has 7 nitrogen and oxygen atoms in total. The number of carbonyl (C=O) groups excluding carboxylic acids is 1. The molecule has 0 saturated heterocycles. The number of hydrogen-bond acceptors (Lipinski definition) is 7. The van der Waals surface area contributed by atoms with Crippen molar-refractivity contribution in [3.05, 3.63) is 58.1 Å². The van der Waals surface area contributed by atoms with Crippen molar-refractivity contribution in [2.45, 2.75) is 64.0 Å². The fourth-order valence-electron chi connectivity index (χ4n) is 3.61. The van der Waals surface area contributed by atoms with Crippen LogP contribution in [0.3, 0.4) is 0 Å². The Labute approximate surface area is 214 Å². The zero-order valence-corrected chi connectivity index (χ0v) is 22.0. The zero-order valence-electron chi connectivity index (χ0n) is 21.2. The lowest BCUT2D eigenvalue weighted by Crippen LogP contribution is -2.62. The van der Waals surface area contributed by atoms with Gasteiger partial charge in [0, 0.05) is 12.5 Å². The van der Waals surface area contributed by atoms with E-state index in [1.165, 1.54) is 12.1 Å². The van der Waals surface area contributed by atoms with Crippen LogP contribution in [0.2, 0.25) is 5.02 Å². The number of methoxy groups -OCH3 is 2. The van der Waals surface area contributed by atoms with Gasteiger partial charge in [0.25, 0.3) is 0 Å². The van der Waals surface area contributed by atoms with Crippen molar-refractivity contribution < 1.29 is 42.7 Å². The van der Waals surface area contributed by atoms with Gasteiger partial charge in [-0.1, -0.05) is 57.0 Å². The van der Waals surface area contributed by atoms with Crippen molar-refractivity contribution in [1.29, 1.82) is 0 Å². The molecule has 10 heteroatoms. The van der Waals surface area contributed by atoms with Crippen molar-refractivity contribution in [2.24, 2.45) is 0 Å². The fourth-order valence-corrected chi connectivity index (χ4v) is 3.93. The maximum Gasteiger partial charge on any atom is 0.457 e. The van der Waals surface area contributed by atoms with E-state index < -0.39 is 29.4 Å². The van der Waals surface area contributed by atoms with Gasteiger partial charge in [0.15, 0.2) is 0 Å². The summed E-state index contributed by atoms with van der Waals surface area (Å²) >= 11 is 6.50. The molecule has 0 aliphatic rings. The van der Waals surface area contributed by atoms with E-state index in [2.05, 4.69) is 21.1 Å². The zero-order chi connectivity index (χ0) is 27.3. The van der Waals surface area contributed by atoms with Crippen molar-refractivity contribution >= 4 is 17.6 Å². The molecule has 0 fully saturated rings. The van der Waals surface area contributed by atoms with Gasteiger partial charge < -0.3 is 29.2 Å². The summed E-state index contributed by atoms with van der Waals surface area (Å²) in [5.74, 6) is -5.13. The van der Waals surface area contributed by atoms with Crippen LogP contribution in [0.15, 0.2) is 36.4 Å². The molecular weight excluding hydrogens is 498 g/mol. The molecule has 2 rings (SSSR count). The van der Waals surface area contributed by atoms with Gasteiger partial charge in [-0.2, -0.15) is 8.78 Å². The lowest BCUT2D eigenvalue weighted by Gasteiger charge is -2.34. The Kier molecular flexibility index (Phi) is 9.70. The first-order chi connectivity index (χ1) is 16.7. The second-order valence-corrected chi connectivity index (χ2v) is 9.35. The van der Waals surface area contributed by atoms with Crippen molar-refractivity contribution in [2.75, 3.05) is 20.8 Å². The number of unbranched alkanes of at least 4 members (excludes halogenated alkanes) is 1. The van der Waals surface area contributed by atoms with Gasteiger partial charge in [0.1, 0.15) is 11.5 Å². The summed E-state index contributed by atoms with van der Waals surface area (Å²) in [5, 5.41) is 20.4. The van der Waals surface area contributed by atoms with E-state index in [1.54, 1.807) is 12.1 Å². The van der Waals surface area contributed by atoms with Crippen LogP contribution in [0, 0.1) is 6.92 Å². The molecular formula is C26H33ClF2O7. The van der Waals surface area contributed by atoms with Crippen LogP contribution in [-0.2, 0) is 19.7 Å². The molecule has 2 aromatic rings. The van der Waals surface area contributed by atoms with E-state index in [4.69, 9.17) is 16.3 Å². The van der Waals surface area contributed by atoms with Gasteiger partial charge >= 0.3 is 17.9 Å². The topological polar surface area (TPSA) is 94.5 Å². The Morgan fingerprint density at radius 1 is 1.08 bits per heavy atom. The van der Waals surface area contributed by atoms with Crippen molar-refractivity contribution in [3.8, 4) is 11.5 Å². The largest absolute Gasteiger partial charge is 0.492 e. The highest BCUT2D eigenvalue weighted by Crippen LogP contribution is 2.39. The second kappa shape index (κ2) is 11.7. The molecule has 200 valence electrons. The third-order valence-electron chi connectivity index (χ3n) is 5.96. The number of aryl methyl sites for hydroxylation is 1. The quantitative estimate of drug-likeness (QED) is 0.227. The van der Waals surface area contributed by atoms with Gasteiger partial charge in [-0.3, -0.25) is 0 Å². The smallest absolute Gasteiger partial charge is 0.457 e. The number of benzene rings is 2. The third-order valence-corrected chi connectivity index (χ3v) is 6.24. The standard InChI is InChI=1S/C26H33ClF2O7/c1-7-8-13-35-21-16(2)14-18(15-20(21)27)24(3,4)17-9-11-19(12-10-17)36-26(28,29)25(31,32)22(33-5)23(30)34-6/h9-12,14-15,22,31-32H,7-8,13H2,1-6H3. The monoisotopic (exact) mass is 530 g/mol. The first-order valence-corrected chi connectivity index (χ1v) is 11.8. The summed E-state index contributed by atoms with van der Waals surface area (Å²) in [4.78, 5) is 11.6. The summed E-state index contributed by atoms with van der Waals surface area (Å²) in [6, 6.07) is 9.46. The van der Waals surface area contributed by atoms with Crippen LogP contribution in [0.5, 0.6) is 11.5 Å². The van der Waals surface area contributed by atoms with E-state index in [-0.39, 0.29) is 5.75 Å². The van der Waals surface area contributed by atoms with Crippen LogP contribution >= 0.6 is 11.6 Å². The fraction of sp³-hybridized carbons (Fsp3) is 0.500. The van der Waals surface area contributed by atoms with Gasteiger partial charge in [0.05, 0.1) is 18.7 Å².